The van der Waals surface area contributed by atoms with Crippen molar-refractivity contribution in [3.8, 4) is 0 Å². The topological polar surface area (TPSA) is 68.2 Å². The van der Waals surface area contributed by atoms with Crippen LogP contribution < -0.4 is 0 Å². The number of esters is 1. The highest BCUT2D eigenvalue weighted by Gasteiger charge is 2.17. The summed E-state index contributed by atoms with van der Waals surface area (Å²) in [5.74, 6) is -0.264. The molecule has 218 valence electrons. The molecule has 6 nitrogen and oxygen atoms in total. The number of aliphatic hydroxyl groups excluding tert-OH is 1. The summed E-state index contributed by atoms with van der Waals surface area (Å²) in [5, 5.41) is 9.51. The molecule has 0 spiro atoms. The number of likely N-dealkylation sites (tertiary alicyclic amines) is 1. The first-order valence-electron chi connectivity index (χ1n) is 15.6. The van der Waals surface area contributed by atoms with E-state index in [0.29, 0.717) is 13.0 Å². The molecule has 2 atom stereocenters. The summed E-state index contributed by atoms with van der Waals surface area (Å²) in [5.41, 5.74) is 0. The largest absolute Gasteiger partial charge is 0.457 e. The summed E-state index contributed by atoms with van der Waals surface area (Å²) in [6.07, 6.45) is 25.5. The summed E-state index contributed by atoms with van der Waals surface area (Å²) in [7, 11) is 0. The molecule has 0 saturated carbocycles. The number of hydrogen-bond donors (Lipinski definition) is 1. The number of rotatable bonds is 26. The Morgan fingerprint density at radius 2 is 1.43 bits per heavy atom. The molecule has 1 rings (SSSR count). The van der Waals surface area contributed by atoms with Crippen LogP contribution in [-0.2, 0) is 19.0 Å². The standard InChI is InChI=1S/C31H59NO5/c1-3-4-5-6-7-8-9-10-11-12-13-14-15-16-17-20-26-35-29(2)36-28-30(27-33)37-31(34)22-21-25-32-23-18-19-24-32/h10-11,29-30,33H,3-9,12-28H2,1-2H3. The lowest BCUT2D eigenvalue weighted by Crippen LogP contribution is -2.30. The highest BCUT2D eigenvalue weighted by atomic mass is 16.7. The molecule has 0 aromatic carbocycles. The van der Waals surface area contributed by atoms with Crippen LogP contribution in [0.3, 0.4) is 0 Å². The highest BCUT2D eigenvalue weighted by Crippen LogP contribution is 2.11. The third-order valence-corrected chi connectivity index (χ3v) is 7.08. The fourth-order valence-electron chi connectivity index (χ4n) is 4.71. The number of nitrogens with zero attached hydrogens (tertiary/aromatic N) is 1. The summed E-state index contributed by atoms with van der Waals surface area (Å²) >= 11 is 0. The van der Waals surface area contributed by atoms with Gasteiger partial charge < -0.3 is 24.2 Å². The summed E-state index contributed by atoms with van der Waals surface area (Å²) in [6, 6.07) is 0. The molecular formula is C31H59NO5. The fraction of sp³-hybridized carbons (Fsp3) is 0.903. The van der Waals surface area contributed by atoms with Crippen LogP contribution in [0.25, 0.3) is 0 Å². The molecule has 0 aliphatic carbocycles. The summed E-state index contributed by atoms with van der Waals surface area (Å²) in [6.45, 7) is 7.93. The van der Waals surface area contributed by atoms with E-state index in [4.69, 9.17) is 14.2 Å². The van der Waals surface area contributed by atoms with E-state index < -0.39 is 6.10 Å². The maximum Gasteiger partial charge on any atom is 0.306 e. The average Bonchev–Trinajstić information content (AvgIpc) is 3.42. The van der Waals surface area contributed by atoms with Gasteiger partial charge in [0.25, 0.3) is 0 Å². The van der Waals surface area contributed by atoms with Crippen LogP contribution in [-0.4, -0.2) is 67.8 Å². The number of carbonyl (C=O) groups excluding carboxylic acids is 1. The molecule has 0 aromatic heterocycles. The quantitative estimate of drug-likeness (QED) is 0.0558. The van der Waals surface area contributed by atoms with Gasteiger partial charge in [0.15, 0.2) is 6.29 Å². The van der Waals surface area contributed by atoms with E-state index in [2.05, 4.69) is 24.0 Å². The van der Waals surface area contributed by atoms with Crippen molar-refractivity contribution in [3.05, 3.63) is 12.2 Å². The summed E-state index contributed by atoms with van der Waals surface area (Å²) in [4.78, 5) is 14.4. The zero-order valence-corrected chi connectivity index (χ0v) is 24.3. The molecule has 37 heavy (non-hydrogen) atoms. The smallest absolute Gasteiger partial charge is 0.306 e. The molecule has 1 fully saturated rings. The van der Waals surface area contributed by atoms with Crippen molar-refractivity contribution in [1.29, 1.82) is 0 Å². The Hall–Kier alpha value is -0.950. The molecule has 0 bridgehead atoms. The average molecular weight is 526 g/mol. The van der Waals surface area contributed by atoms with Crippen LogP contribution in [0.15, 0.2) is 12.2 Å². The van der Waals surface area contributed by atoms with Crippen LogP contribution in [0.2, 0.25) is 0 Å². The first kappa shape index (κ1) is 34.1. The Morgan fingerprint density at radius 3 is 2.05 bits per heavy atom. The van der Waals surface area contributed by atoms with Crippen molar-refractivity contribution in [2.75, 3.05) is 39.5 Å². The fourth-order valence-corrected chi connectivity index (χ4v) is 4.71. The molecule has 1 heterocycles. The van der Waals surface area contributed by atoms with E-state index in [1.54, 1.807) is 0 Å². The maximum absolute atomic E-state index is 12.0. The minimum Gasteiger partial charge on any atom is -0.457 e. The number of aliphatic hydroxyl groups is 1. The number of ether oxygens (including phenoxy) is 3. The molecule has 2 unspecified atom stereocenters. The van der Waals surface area contributed by atoms with Crippen molar-refractivity contribution >= 4 is 5.97 Å². The molecule has 6 heteroatoms. The molecule has 0 radical (unpaired) electrons. The van der Waals surface area contributed by atoms with Gasteiger partial charge in [-0.25, -0.2) is 0 Å². The molecule has 0 amide bonds. The first-order chi connectivity index (χ1) is 18.2. The van der Waals surface area contributed by atoms with E-state index in [-0.39, 0.29) is 25.5 Å². The zero-order chi connectivity index (χ0) is 26.8. The van der Waals surface area contributed by atoms with Crippen LogP contribution >= 0.6 is 0 Å². The second kappa shape index (κ2) is 25.3. The van der Waals surface area contributed by atoms with E-state index in [1.165, 1.54) is 96.3 Å². The van der Waals surface area contributed by atoms with Gasteiger partial charge >= 0.3 is 5.97 Å². The second-order valence-electron chi connectivity index (χ2n) is 10.7. The van der Waals surface area contributed by atoms with E-state index in [0.717, 1.165) is 32.5 Å². The Labute approximate surface area is 228 Å². The van der Waals surface area contributed by atoms with Gasteiger partial charge in [-0.1, -0.05) is 76.9 Å². The third-order valence-electron chi connectivity index (χ3n) is 7.08. The van der Waals surface area contributed by atoms with Crippen molar-refractivity contribution < 1.29 is 24.1 Å². The maximum atomic E-state index is 12.0. The predicted octanol–water partition coefficient (Wildman–Crippen LogP) is 7.18. The second-order valence-corrected chi connectivity index (χ2v) is 10.7. The van der Waals surface area contributed by atoms with Crippen LogP contribution in [0.1, 0.15) is 129 Å². The highest BCUT2D eigenvalue weighted by molar-refractivity contribution is 5.69. The molecule has 1 saturated heterocycles. The van der Waals surface area contributed by atoms with Crippen molar-refractivity contribution in [3.63, 3.8) is 0 Å². The van der Waals surface area contributed by atoms with Gasteiger partial charge in [0.2, 0.25) is 0 Å². The van der Waals surface area contributed by atoms with E-state index in [1.807, 2.05) is 6.92 Å². The predicted molar refractivity (Wildman–Crippen MR) is 153 cm³/mol. The molecule has 0 aromatic rings. The van der Waals surface area contributed by atoms with Gasteiger partial charge in [0, 0.05) is 13.0 Å². The van der Waals surface area contributed by atoms with Crippen LogP contribution in [0.5, 0.6) is 0 Å². The lowest BCUT2D eigenvalue weighted by molar-refractivity contribution is -0.173. The SMILES string of the molecule is CCCCCCCCC=CCCCCCCCCOC(C)OCC(CO)OC(=O)CCCN1CCCC1. The van der Waals surface area contributed by atoms with E-state index in [9.17, 15) is 9.90 Å². The third kappa shape index (κ3) is 21.7. The Balaban J connectivity index is 1.87. The Kier molecular flexibility index (Phi) is 23.3. The van der Waals surface area contributed by atoms with Crippen molar-refractivity contribution in [2.24, 2.45) is 0 Å². The minimum atomic E-state index is -0.629. The molecule has 1 N–H and O–H groups in total. The number of allylic oxidation sites excluding steroid dienone is 2. The Bertz CT molecular complexity index is 536. The van der Waals surface area contributed by atoms with Gasteiger partial charge in [-0.05, 0) is 77.9 Å². The van der Waals surface area contributed by atoms with Gasteiger partial charge in [-0.3, -0.25) is 4.79 Å². The lowest BCUT2D eigenvalue weighted by atomic mass is 10.1. The van der Waals surface area contributed by atoms with Gasteiger partial charge in [0.1, 0.15) is 6.10 Å². The van der Waals surface area contributed by atoms with Gasteiger partial charge in [-0.15, -0.1) is 0 Å². The van der Waals surface area contributed by atoms with Gasteiger partial charge in [0.05, 0.1) is 13.2 Å². The van der Waals surface area contributed by atoms with Gasteiger partial charge in [-0.2, -0.15) is 0 Å². The first-order valence-corrected chi connectivity index (χ1v) is 15.6. The minimum absolute atomic E-state index is 0.156. The van der Waals surface area contributed by atoms with Crippen LogP contribution in [0.4, 0.5) is 0 Å². The van der Waals surface area contributed by atoms with Crippen molar-refractivity contribution in [2.45, 2.75) is 142 Å². The zero-order valence-electron chi connectivity index (χ0n) is 24.3. The normalized spacial score (nSPS) is 16.0. The van der Waals surface area contributed by atoms with Crippen molar-refractivity contribution in [1.82, 2.24) is 4.90 Å². The van der Waals surface area contributed by atoms with E-state index >= 15 is 0 Å². The number of unbranched alkanes of at least 4 members (excludes halogenated alkanes) is 12. The summed E-state index contributed by atoms with van der Waals surface area (Å²) < 4.78 is 16.7. The van der Waals surface area contributed by atoms with Crippen LogP contribution in [0, 0.1) is 0 Å². The monoisotopic (exact) mass is 525 g/mol. The molecular weight excluding hydrogens is 466 g/mol. The molecule has 1 aliphatic heterocycles. The number of hydrogen-bond acceptors (Lipinski definition) is 6. The Morgan fingerprint density at radius 1 is 0.838 bits per heavy atom. The molecule has 1 aliphatic rings. The number of carbonyl (C=O) groups is 1. The lowest BCUT2D eigenvalue weighted by Gasteiger charge is -2.20.